The minimum atomic E-state index is -0.458. The normalized spacial score (nSPS) is 22.8. The van der Waals surface area contributed by atoms with Gasteiger partial charge in [-0.15, -0.1) is 0 Å². The molecule has 0 aromatic rings. The van der Waals surface area contributed by atoms with E-state index in [1.54, 1.807) is 0 Å². The van der Waals surface area contributed by atoms with Crippen molar-refractivity contribution in [1.29, 1.82) is 0 Å². The Morgan fingerprint density at radius 3 is 2.92 bits per heavy atom. The first-order chi connectivity index (χ1) is 6.25. The second-order valence-electron chi connectivity index (χ2n) is 3.43. The zero-order valence-corrected chi connectivity index (χ0v) is 8.04. The van der Waals surface area contributed by atoms with Crippen molar-refractivity contribution in [3.63, 3.8) is 0 Å². The molecule has 0 heterocycles. The lowest BCUT2D eigenvalue weighted by Gasteiger charge is -2.18. The molecule has 1 fully saturated rings. The van der Waals surface area contributed by atoms with Gasteiger partial charge in [0.05, 0.1) is 6.61 Å². The van der Waals surface area contributed by atoms with Gasteiger partial charge in [0, 0.05) is 6.42 Å². The van der Waals surface area contributed by atoms with Crippen LogP contribution in [0.3, 0.4) is 0 Å². The third-order valence-corrected chi connectivity index (χ3v) is 2.29. The average Bonchev–Trinajstić information content (AvgIpc) is 2.15. The van der Waals surface area contributed by atoms with E-state index in [4.69, 9.17) is 4.74 Å². The van der Waals surface area contributed by atoms with Crippen molar-refractivity contribution >= 4 is 11.8 Å². The average molecular weight is 184 g/mol. The lowest BCUT2D eigenvalue weighted by molar-refractivity contribution is -0.153. The fourth-order valence-corrected chi connectivity index (χ4v) is 1.54. The summed E-state index contributed by atoms with van der Waals surface area (Å²) in [6, 6.07) is 0. The summed E-state index contributed by atoms with van der Waals surface area (Å²) in [5.74, 6) is -0.709. The highest BCUT2D eigenvalue weighted by molar-refractivity contribution is 5.99. The summed E-state index contributed by atoms with van der Waals surface area (Å²) in [7, 11) is 0. The van der Waals surface area contributed by atoms with E-state index >= 15 is 0 Å². The topological polar surface area (TPSA) is 43.4 Å². The van der Waals surface area contributed by atoms with E-state index in [1.165, 1.54) is 0 Å². The van der Waals surface area contributed by atoms with Crippen molar-refractivity contribution in [3.8, 4) is 0 Å². The van der Waals surface area contributed by atoms with Crippen molar-refractivity contribution in [1.82, 2.24) is 0 Å². The Balaban J connectivity index is 2.39. The van der Waals surface area contributed by atoms with Crippen LogP contribution < -0.4 is 0 Å². The minimum absolute atomic E-state index is 0.0624. The summed E-state index contributed by atoms with van der Waals surface area (Å²) < 4.78 is 4.94. The predicted molar refractivity (Wildman–Crippen MR) is 48.2 cm³/mol. The van der Waals surface area contributed by atoms with Crippen molar-refractivity contribution in [3.05, 3.63) is 0 Å². The van der Waals surface area contributed by atoms with Crippen molar-refractivity contribution in [2.45, 2.75) is 39.0 Å². The second-order valence-corrected chi connectivity index (χ2v) is 3.43. The molecular weight excluding hydrogens is 168 g/mol. The molecule has 0 unspecified atom stereocenters. The molecule has 0 aromatic carbocycles. The zero-order valence-electron chi connectivity index (χ0n) is 8.04. The highest BCUT2D eigenvalue weighted by Crippen LogP contribution is 2.21. The second kappa shape index (κ2) is 5.00. The molecule has 0 spiro atoms. The Morgan fingerprint density at radius 2 is 2.31 bits per heavy atom. The fraction of sp³-hybridized carbons (Fsp3) is 0.800. The van der Waals surface area contributed by atoms with Crippen LogP contribution in [0.2, 0.25) is 0 Å². The van der Waals surface area contributed by atoms with Gasteiger partial charge < -0.3 is 4.74 Å². The molecule has 0 amide bonds. The van der Waals surface area contributed by atoms with Gasteiger partial charge in [-0.3, -0.25) is 9.59 Å². The third-order valence-electron chi connectivity index (χ3n) is 2.29. The summed E-state index contributed by atoms with van der Waals surface area (Å²) in [4.78, 5) is 22.6. The van der Waals surface area contributed by atoms with Gasteiger partial charge in [0.2, 0.25) is 0 Å². The van der Waals surface area contributed by atoms with Crippen molar-refractivity contribution in [2.24, 2.45) is 5.92 Å². The first-order valence-corrected chi connectivity index (χ1v) is 4.95. The van der Waals surface area contributed by atoms with Gasteiger partial charge in [0.15, 0.2) is 0 Å². The highest BCUT2D eigenvalue weighted by Gasteiger charge is 2.29. The van der Waals surface area contributed by atoms with Gasteiger partial charge in [-0.25, -0.2) is 0 Å². The summed E-state index contributed by atoms with van der Waals surface area (Å²) in [6.07, 6.45) is 3.94. The van der Waals surface area contributed by atoms with E-state index in [-0.39, 0.29) is 11.8 Å². The maximum absolute atomic E-state index is 11.3. The van der Waals surface area contributed by atoms with Gasteiger partial charge in [-0.2, -0.15) is 0 Å². The van der Waals surface area contributed by atoms with Gasteiger partial charge in [0.1, 0.15) is 11.7 Å². The number of carbonyl (C=O) groups excluding carboxylic acids is 2. The van der Waals surface area contributed by atoms with Gasteiger partial charge >= 0.3 is 5.97 Å². The SMILES string of the molecule is CCCOC(=O)[C@H]1CCCCC1=O. The monoisotopic (exact) mass is 184 g/mol. The van der Waals surface area contributed by atoms with Crippen LogP contribution in [0.1, 0.15) is 39.0 Å². The standard InChI is InChI=1S/C10H16O3/c1-2-7-13-10(12)8-5-3-4-6-9(8)11/h8H,2-7H2,1H3/t8-/m0/s1. The smallest absolute Gasteiger partial charge is 0.316 e. The molecular formula is C10H16O3. The number of hydrogen-bond acceptors (Lipinski definition) is 3. The molecule has 13 heavy (non-hydrogen) atoms. The predicted octanol–water partition coefficient (Wildman–Crippen LogP) is 1.70. The Bertz CT molecular complexity index is 198. The van der Waals surface area contributed by atoms with Crippen molar-refractivity contribution < 1.29 is 14.3 Å². The molecule has 1 atom stereocenters. The molecule has 1 rings (SSSR count). The molecule has 0 aliphatic heterocycles. The number of Topliss-reactive ketones (excluding diaryl/α,β-unsaturated/α-hetero) is 1. The number of ketones is 1. The van der Waals surface area contributed by atoms with Gasteiger partial charge in [-0.1, -0.05) is 13.3 Å². The summed E-state index contributed by atoms with van der Waals surface area (Å²) in [5, 5.41) is 0. The molecule has 3 nitrogen and oxygen atoms in total. The molecule has 0 saturated heterocycles. The van der Waals surface area contributed by atoms with Crippen LogP contribution in [0.4, 0.5) is 0 Å². The van der Waals surface area contributed by atoms with Gasteiger partial charge in [0.25, 0.3) is 0 Å². The Hall–Kier alpha value is -0.860. The van der Waals surface area contributed by atoms with E-state index in [2.05, 4.69) is 0 Å². The highest BCUT2D eigenvalue weighted by atomic mass is 16.5. The van der Waals surface area contributed by atoms with Gasteiger partial charge in [-0.05, 0) is 19.3 Å². The molecule has 1 saturated carbocycles. The van der Waals surface area contributed by atoms with E-state index in [0.29, 0.717) is 19.4 Å². The molecule has 0 N–H and O–H groups in total. The van der Waals surface area contributed by atoms with E-state index < -0.39 is 5.92 Å². The van der Waals surface area contributed by atoms with Crippen LogP contribution in [0.25, 0.3) is 0 Å². The molecule has 0 bridgehead atoms. The fourth-order valence-electron chi connectivity index (χ4n) is 1.54. The van der Waals surface area contributed by atoms with Crippen LogP contribution in [0.5, 0.6) is 0 Å². The van der Waals surface area contributed by atoms with Crippen LogP contribution in [-0.4, -0.2) is 18.4 Å². The Kier molecular flexibility index (Phi) is 3.93. The molecule has 1 aliphatic carbocycles. The molecule has 0 radical (unpaired) electrons. The van der Waals surface area contributed by atoms with Crippen LogP contribution in [-0.2, 0) is 14.3 Å². The number of hydrogen-bond donors (Lipinski definition) is 0. The largest absolute Gasteiger partial charge is 0.465 e. The van der Waals surface area contributed by atoms with Crippen LogP contribution in [0, 0.1) is 5.92 Å². The third kappa shape index (κ3) is 2.83. The first-order valence-electron chi connectivity index (χ1n) is 4.95. The van der Waals surface area contributed by atoms with E-state index in [1.807, 2.05) is 6.92 Å². The molecule has 3 heteroatoms. The van der Waals surface area contributed by atoms with Crippen LogP contribution >= 0.6 is 0 Å². The number of rotatable bonds is 3. The Labute approximate surface area is 78.5 Å². The van der Waals surface area contributed by atoms with E-state index in [9.17, 15) is 9.59 Å². The first kappa shape index (κ1) is 10.2. The zero-order chi connectivity index (χ0) is 9.68. The summed E-state index contributed by atoms with van der Waals surface area (Å²) >= 11 is 0. The minimum Gasteiger partial charge on any atom is -0.465 e. The lowest BCUT2D eigenvalue weighted by Crippen LogP contribution is -2.29. The molecule has 0 aromatic heterocycles. The van der Waals surface area contributed by atoms with Crippen molar-refractivity contribution in [2.75, 3.05) is 6.61 Å². The quantitative estimate of drug-likeness (QED) is 0.495. The maximum Gasteiger partial charge on any atom is 0.316 e. The summed E-state index contributed by atoms with van der Waals surface area (Å²) in [6.45, 7) is 2.37. The molecule has 74 valence electrons. The van der Waals surface area contributed by atoms with E-state index in [0.717, 1.165) is 19.3 Å². The summed E-state index contributed by atoms with van der Waals surface area (Å²) in [5.41, 5.74) is 0. The number of carbonyl (C=O) groups is 2. The maximum atomic E-state index is 11.3. The molecule has 1 aliphatic rings. The lowest BCUT2D eigenvalue weighted by atomic mass is 9.88. The Morgan fingerprint density at radius 1 is 1.54 bits per heavy atom. The number of ether oxygens (including phenoxy) is 1. The number of esters is 1. The van der Waals surface area contributed by atoms with Crippen LogP contribution in [0.15, 0.2) is 0 Å².